The Balaban J connectivity index is 1.19. The van der Waals surface area contributed by atoms with Crippen LogP contribution in [0.4, 0.5) is 0 Å². The number of H-pyrrole nitrogens is 1. The van der Waals surface area contributed by atoms with E-state index in [-0.39, 0.29) is 19.1 Å². The maximum Gasteiger partial charge on any atom is 0.252 e. The smallest absolute Gasteiger partial charge is 0.252 e. The number of aromatic nitrogens is 5. The van der Waals surface area contributed by atoms with E-state index in [1.807, 2.05) is 54.6 Å². The van der Waals surface area contributed by atoms with Crippen LogP contribution in [0.1, 0.15) is 22.5 Å². The zero-order valence-electron chi connectivity index (χ0n) is 22.2. The zero-order chi connectivity index (χ0) is 27.8. The highest BCUT2D eigenvalue weighted by Gasteiger charge is 2.20. The van der Waals surface area contributed by atoms with E-state index in [1.54, 1.807) is 17.9 Å². The van der Waals surface area contributed by atoms with Gasteiger partial charge in [0.2, 0.25) is 13.6 Å². The Morgan fingerprint density at radius 3 is 2.39 bits per heavy atom. The lowest BCUT2D eigenvalue weighted by atomic mass is 10.1. The Morgan fingerprint density at radius 1 is 0.854 bits per heavy atom. The van der Waals surface area contributed by atoms with Crippen LogP contribution < -0.4 is 29.2 Å². The van der Waals surface area contributed by atoms with Crippen molar-refractivity contribution in [2.45, 2.75) is 26.2 Å². The number of nitrogens with one attached hydrogen (secondary N) is 1. The first-order valence-corrected chi connectivity index (χ1v) is 13.1. The molecule has 3 aromatic carbocycles. The van der Waals surface area contributed by atoms with E-state index in [9.17, 15) is 4.79 Å². The predicted molar refractivity (Wildman–Crippen MR) is 146 cm³/mol. The van der Waals surface area contributed by atoms with Crippen molar-refractivity contribution in [3.8, 4) is 28.7 Å². The standard InChI is InChI=1S/C29H26N6O6/c1-37-22-5-2-18(3-6-22)13-35-28(31-32-33-35)15-34(12-19-4-7-24-25(8-19)39-16-38-24)14-21-9-20-10-26-27(41-17-40-26)11-23(20)30-29(21)36/h2-11H,12-17H2,1H3,(H,30,36). The molecule has 0 unspecified atom stereocenters. The molecule has 5 aromatic rings. The van der Waals surface area contributed by atoms with Crippen molar-refractivity contribution in [1.82, 2.24) is 30.1 Å². The third-order valence-corrected chi connectivity index (χ3v) is 7.11. The lowest BCUT2D eigenvalue weighted by molar-refractivity contribution is 0.173. The number of fused-ring (bicyclic) bond motifs is 3. The zero-order valence-corrected chi connectivity index (χ0v) is 22.2. The van der Waals surface area contributed by atoms with Crippen molar-refractivity contribution in [3.05, 3.63) is 93.5 Å². The van der Waals surface area contributed by atoms with Crippen molar-refractivity contribution < 1.29 is 23.7 Å². The lowest BCUT2D eigenvalue weighted by Gasteiger charge is -2.22. The summed E-state index contributed by atoms with van der Waals surface area (Å²) in [7, 11) is 1.64. The molecule has 1 N–H and O–H groups in total. The molecule has 4 heterocycles. The van der Waals surface area contributed by atoms with Crippen LogP contribution >= 0.6 is 0 Å². The molecule has 41 heavy (non-hydrogen) atoms. The average Bonchev–Trinajstić information content (AvgIpc) is 3.74. The molecule has 12 nitrogen and oxygen atoms in total. The molecule has 0 fully saturated rings. The first-order chi connectivity index (χ1) is 20.1. The second-order valence-electron chi connectivity index (χ2n) is 9.85. The first kappa shape index (κ1) is 24.9. The number of hydrogen-bond donors (Lipinski definition) is 1. The van der Waals surface area contributed by atoms with Crippen LogP contribution in [-0.2, 0) is 26.2 Å². The molecule has 2 aliphatic rings. The van der Waals surface area contributed by atoms with Gasteiger partial charge < -0.3 is 28.7 Å². The van der Waals surface area contributed by atoms with Crippen molar-refractivity contribution in [3.63, 3.8) is 0 Å². The highest BCUT2D eigenvalue weighted by Crippen LogP contribution is 2.36. The minimum Gasteiger partial charge on any atom is -0.497 e. The van der Waals surface area contributed by atoms with E-state index in [0.29, 0.717) is 66.1 Å². The summed E-state index contributed by atoms with van der Waals surface area (Å²) >= 11 is 0. The number of rotatable bonds is 9. The molecule has 208 valence electrons. The number of benzene rings is 3. The van der Waals surface area contributed by atoms with Gasteiger partial charge in [-0.05, 0) is 58.0 Å². The molecule has 2 aromatic heterocycles. The Kier molecular flexibility index (Phi) is 6.36. The SMILES string of the molecule is COc1ccc(Cn2nnnc2CN(Cc2ccc3c(c2)OCO3)Cc2cc3cc4c(cc3[nH]c2=O)OCO4)cc1. The summed E-state index contributed by atoms with van der Waals surface area (Å²) in [5.74, 6) is 4.15. The largest absolute Gasteiger partial charge is 0.497 e. The summed E-state index contributed by atoms with van der Waals surface area (Å²) in [4.78, 5) is 18.3. The third-order valence-electron chi connectivity index (χ3n) is 7.11. The highest BCUT2D eigenvalue weighted by atomic mass is 16.7. The maximum absolute atomic E-state index is 13.2. The normalized spacial score (nSPS) is 13.3. The van der Waals surface area contributed by atoms with Gasteiger partial charge in [0.1, 0.15) is 5.75 Å². The van der Waals surface area contributed by atoms with Crippen LogP contribution in [0, 0.1) is 0 Å². The average molecular weight is 555 g/mol. The summed E-state index contributed by atoms with van der Waals surface area (Å²) in [6.45, 7) is 2.13. The van der Waals surface area contributed by atoms with Gasteiger partial charge in [-0.1, -0.05) is 18.2 Å². The number of methoxy groups -OCH3 is 1. The van der Waals surface area contributed by atoms with Crippen LogP contribution in [0.5, 0.6) is 28.7 Å². The van der Waals surface area contributed by atoms with Gasteiger partial charge in [0, 0.05) is 30.1 Å². The summed E-state index contributed by atoms with van der Waals surface area (Å²) in [5, 5.41) is 13.3. The van der Waals surface area contributed by atoms with Gasteiger partial charge in [0.15, 0.2) is 28.8 Å². The predicted octanol–water partition coefficient (Wildman–Crippen LogP) is 3.23. The van der Waals surface area contributed by atoms with E-state index in [0.717, 1.165) is 22.3 Å². The Hall–Kier alpha value is -5.10. The Labute approximate surface area is 234 Å². The van der Waals surface area contributed by atoms with Crippen molar-refractivity contribution in [2.75, 3.05) is 20.7 Å². The van der Waals surface area contributed by atoms with Gasteiger partial charge in [0.25, 0.3) is 5.56 Å². The molecule has 0 spiro atoms. The fourth-order valence-electron chi connectivity index (χ4n) is 5.03. The summed E-state index contributed by atoms with van der Waals surface area (Å²) in [6, 6.07) is 19.2. The van der Waals surface area contributed by atoms with Gasteiger partial charge >= 0.3 is 0 Å². The minimum absolute atomic E-state index is 0.164. The van der Waals surface area contributed by atoms with Crippen LogP contribution in [0.2, 0.25) is 0 Å². The fourth-order valence-corrected chi connectivity index (χ4v) is 5.03. The van der Waals surface area contributed by atoms with Gasteiger partial charge in [-0.3, -0.25) is 9.69 Å². The van der Waals surface area contributed by atoms with Crippen LogP contribution in [0.25, 0.3) is 10.9 Å². The molecule has 7 rings (SSSR count). The van der Waals surface area contributed by atoms with Gasteiger partial charge in [-0.2, -0.15) is 0 Å². The van der Waals surface area contributed by atoms with E-state index in [1.165, 1.54) is 0 Å². The van der Waals surface area contributed by atoms with Gasteiger partial charge in [-0.25, -0.2) is 4.68 Å². The topological polar surface area (TPSA) is 126 Å². The lowest BCUT2D eigenvalue weighted by Crippen LogP contribution is -2.28. The van der Waals surface area contributed by atoms with Gasteiger partial charge in [0.05, 0.1) is 25.7 Å². The first-order valence-electron chi connectivity index (χ1n) is 13.1. The van der Waals surface area contributed by atoms with Crippen LogP contribution in [-0.4, -0.2) is 50.8 Å². The number of ether oxygens (including phenoxy) is 5. The number of tetrazole rings is 1. The highest BCUT2D eigenvalue weighted by molar-refractivity contribution is 5.83. The minimum atomic E-state index is -0.176. The molecule has 0 saturated carbocycles. The molecule has 0 bridgehead atoms. The molecule has 0 atom stereocenters. The fraction of sp³-hybridized carbons (Fsp3) is 0.241. The quantitative estimate of drug-likeness (QED) is 0.290. The summed E-state index contributed by atoms with van der Waals surface area (Å²) in [5.41, 5.74) is 3.15. The third kappa shape index (κ3) is 5.12. The molecule has 0 aliphatic carbocycles. The Morgan fingerprint density at radius 2 is 1.59 bits per heavy atom. The summed E-state index contributed by atoms with van der Waals surface area (Å²) in [6.07, 6.45) is 0. The second kappa shape index (κ2) is 10.5. The number of nitrogens with zero attached hydrogens (tertiary/aromatic N) is 5. The molecular formula is C29H26N6O6. The molecule has 2 aliphatic heterocycles. The van der Waals surface area contributed by atoms with Crippen LogP contribution in [0.3, 0.4) is 0 Å². The van der Waals surface area contributed by atoms with Crippen molar-refractivity contribution in [1.29, 1.82) is 0 Å². The molecule has 0 amide bonds. The molecule has 0 radical (unpaired) electrons. The molecule has 12 heteroatoms. The van der Waals surface area contributed by atoms with Crippen molar-refractivity contribution >= 4 is 10.9 Å². The van der Waals surface area contributed by atoms with E-state index >= 15 is 0 Å². The summed E-state index contributed by atoms with van der Waals surface area (Å²) < 4.78 is 29.1. The monoisotopic (exact) mass is 554 g/mol. The van der Waals surface area contributed by atoms with E-state index in [2.05, 4.69) is 25.4 Å². The number of hydrogen-bond acceptors (Lipinski definition) is 10. The van der Waals surface area contributed by atoms with Crippen LogP contribution in [0.15, 0.2) is 65.5 Å². The van der Waals surface area contributed by atoms with Gasteiger partial charge in [-0.15, -0.1) is 5.10 Å². The van der Waals surface area contributed by atoms with E-state index < -0.39 is 0 Å². The molecular weight excluding hydrogens is 528 g/mol. The Bertz CT molecular complexity index is 1780. The number of aromatic amines is 1. The maximum atomic E-state index is 13.2. The second-order valence-corrected chi connectivity index (χ2v) is 9.85. The van der Waals surface area contributed by atoms with Crippen molar-refractivity contribution in [2.24, 2.45) is 0 Å². The van der Waals surface area contributed by atoms with E-state index in [4.69, 9.17) is 23.7 Å². The number of pyridine rings is 1. The molecule has 0 saturated heterocycles.